The van der Waals surface area contributed by atoms with E-state index in [0.29, 0.717) is 25.2 Å². The molecular formula is C11H14N2O3. The zero-order chi connectivity index (χ0) is 11.7. The number of hydrogen-bond acceptors (Lipinski definition) is 4. The molecule has 1 aromatic rings. The van der Waals surface area contributed by atoms with Crippen LogP contribution >= 0.6 is 0 Å². The van der Waals surface area contributed by atoms with Gasteiger partial charge in [-0.05, 0) is 25.0 Å². The second-order valence-corrected chi connectivity index (χ2v) is 4.14. The Bertz CT molecular complexity index is 420. The molecule has 16 heavy (non-hydrogen) atoms. The Kier molecular flexibility index (Phi) is 2.78. The average Bonchev–Trinajstić information content (AvgIpc) is 2.64. The smallest absolute Gasteiger partial charge is 0.292 e. The average molecular weight is 222 g/mol. The van der Waals surface area contributed by atoms with Crippen LogP contribution in [0.5, 0.6) is 0 Å². The lowest BCUT2D eigenvalue weighted by molar-refractivity contribution is -0.384. The van der Waals surface area contributed by atoms with E-state index in [1.54, 1.807) is 12.1 Å². The van der Waals surface area contributed by atoms with E-state index >= 15 is 0 Å². The fourth-order valence-electron chi connectivity index (χ4n) is 2.00. The number of nitrogens with zero attached hydrogens (tertiary/aromatic N) is 2. The Labute approximate surface area is 93.5 Å². The van der Waals surface area contributed by atoms with Crippen molar-refractivity contribution >= 4 is 11.4 Å². The van der Waals surface area contributed by atoms with Gasteiger partial charge >= 0.3 is 0 Å². The molecule has 0 saturated carbocycles. The van der Waals surface area contributed by atoms with Gasteiger partial charge in [0.05, 0.1) is 11.0 Å². The Hall–Kier alpha value is -1.62. The summed E-state index contributed by atoms with van der Waals surface area (Å²) >= 11 is 0. The number of nitro benzene ring substituents is 1. The molecule has 0 spiro atoms. The Morgan fingerprint density at radius 3 is 2.88 bits per heavy atom. The third kappa shape index (κ3) is 1.99. The van der Waals surface area contributed by atoms with Crippen molar-refractivity contribution in [1.29, 1.82) is 0 Å². The van der Waals surface area contributed by atoms with Crippen LogP contribution in [0, 0.1) is 17.0 Å². The van der Waals surface area contributed by atoms with E-state index < -0.39 is 0 Å². The maximum absolute atomic E-state index is 10.9. The van der Waals surface area contributed by atoms with Gasteiger partial charge in [0.1, 0.15) is 5.69 Å². The fraction of sp³-hybridized carbons (Fsp3) is 0.455. The molecule has 5 heteroatoms. The third-order valence-corrected chi connectivity index (χ3v) is 2.83. The summed E-state index contributed by atoms with van der Waals surface area (Å²) in [5.41, 5.74) is 1.71. The molecule has 1 atom stereocenters. The van der Waals surface area contributed by atoms with Crippen LogP contribution in [0.3, 0.4) is 0 Å². The van der Waals surface area contributed by atoms with Crippen molar-refractivity contribution in [1.82, 2.24) is 0 Å². The van der Waals surface area contributed by atoms with Gasteiger partial charge in [-0.25, -0.2) is 0 Å². The molecule has 0 radical (unpaired) electrons. The summed E-state index contributed by atoms with van der Waals surface area (Å²) in [4.78, 5) is 12.4. The maximum Gasteiger partial charge on any atom is 0.292 e. The Balaban J connectivity index is 2.37. The number of β-amino-alcohol motifs (C(OH)–C–C–N with tert-alkyl or cyclic N) is 1. The quantitative estimate of drug-likeness (QED) is 0.608. The lowest BCUT2D eigenvalue weighted by atomic mass is 10.2. The molecular weight excluding hydrogens is 208 g/mol. The molecule has 0 amide bonds. The molecule has 1 heterocycles. The van der Waals surface area contributed by atoms with Crippen LogP contribution in [-0.2, 0) is 0 Å². The van der Waals surface area contributed by atoms with Crippen molar-refractivity contribution in [3.63, 3.8) is 0 Å². The lowest BCUT2D eigenvalue weighted by Gasteiger charge is -2.18. The van der Waals surface area contributed by atoms with E-state index in [0.717, 1.165) is 5.56 Å². The largest absolute Gasteiger partial charge is 0.391 e. The van der Waals surface area contributed by atoms with Gasteiger partial charge in [0.2, 0.25) is 0 Å². The van der Waals surface area contributed by atoms with Gasteiger partial charge in [-0.1, -0.05) is 6.07 Å². The van der Waals surface area contributed by atoms with Crippen molar-refractivity contribution in [3.8, 4) is 0 Å². The molecule has 0 aliphatic carbocycles. The van der Waals surface area contributed by atoms with E-state index in [9.17, 15) is 15.2 Å². The number of aliphatic hydroxyl groups excluding tert-OH is 1. The number of rotatable bonds is 2. The standard InChI is InChI=1S/C11H14N2O3/c1-8-2-3-10(13(15)16)11(6-8)12-5-4-9(14)7-12/h2-3,6,9,14H,4-5,7H2,1H3. The summed E-state index contributed by atoms with van der Waals surface area (Å²) in [6.07, 6.45) is 0.297. The maximum atomic E-state index is 10.9. The van der Waals surface area contributed by atoms with E-state index in [4.69, 9.17) is 0 Å². The molecule has 1 N–H and O–H groups in total. The number of benzene rings is 1. The molecule has 1 unspecified atom stereocenters. The minimum Gasteiger partial charge on any atom is -0.391 e. The van der Waals surface area contributed by atoms with Gasteiger partial charge in [0, 0.05) is 19.2 Å². The zero-order valence-corrected chi connectivity index (χ0v) is 9.09. The van der Waals surface area contributed by atoms with Crippen LogP contribution in [0.15, 0.2) is 18.2 Å². The number of aliphatic hydroxyl groups is 1. The van der Waals surface area contributed by atoms with Gasteiger partial charge in [-0.3, -0.25) is 10.1 Å². The molecule has 1 aliphatic heterocycles. The second kappa shape index (κ2) is 4.09. The monoisotopic (exact) mass is 222 g/mol. The van der Waals surface area contributed by atoms with Crippen LogP contribution in [-0.4, -0.2) is 29.2 Å². The van der Waals surface area contributed by atoms with Gasteiger partial charge in [-0.2, -0.15) is 0 Å². The normalized spacial score (nSPS) is 20.1. The van der Waals surface area contributed by atoms with Crippen molar-refractivity contribution in [2.75, 3.05) is 18.0 Å². The minimum atomic E-state index is -0.376. The first-order chi connectivity index (χ1) is 7.58. The van der Waals surface area contributed by atoms with Crippen LogP contribution in [0.25, 0.3) is 0 Å². The Morgan fingerprint density at radius 1 is 1.56 bits per heavy atom. The molecule has 0 bridgehead atoms. The van der Waals surface area contributed by atoms with Crippen LogP contribution < -0.4 is 4.90 Å². The molecule has 0 aromatic heterocycles. The predicted octanol–water partition coefficient (Wildman–Crippen LogP) is 1.47. The summed E-state index contributed by atoms with van der Waals surface area (Å²) in [5.74, 6) is 0. The zero-order valence-electron chi connectivity index (χ0n) is 9.09. The number of nitro groups is 1. The molecule has 5 nitrogen and oxygen atoms in total. The molecule has 1 aliphatic rings. The predicted molar refractivity (Wildman–Crippen MR) is 60.7 cm³/mol. The van der Waals surface area contributed by atoms with Crippen molar-refractivity contribution in [2.45, 2.75) is 19.4 Å². The first-order valence-corrected chi connectivity index (χ1v) is 5.26. The summed E-state index contributed by atoms with van der Waals surface area (Å²) in [7, 11) is 0. The first-order valence-electron chi connectivity index (χ1n) is 5.26. The summed E-state index contributed by atoms with van der Waals surface area (Å²) < 4.78 is 0. The van der Waals surface area contributed by atoms with Crippen LogP contribution in [0.1, 0.15) is 12.0 Å². The number of hydrogen-bond donors (Lipinski definition) is 1. The van der Waals surface area contributed by atoms with Crippen molar-refractivity contribution < 1.29 is 10.0 Å². The fourth-order valence-corrected chi connectivity index (χ4v) is 2.00. The SMILES string of the molecule is Cc1ccc([N+](=O)[O-])c(N2CCC(O)C2)c1. The van der Waals surface area contributed by atoms with E-state index in [2.05, 4.69) is 0 Å². The summed E-state index contributed by atoms with van der Waals surface area (Å²) in [6, 6.07) is 5.06. The van der Waals surface area contributed by atoms with Crippen molar-refractivity contribution in [3.05, 3.63) is 33.9 Å². The minimum absolute atomic E-state index is 0.111. The highest BCUT2D eigenvalue weighted by molar-refractivity contribution is 5.65. The number of anilines is 1. The highest BCUT2D eigenvalue weighted by Gasteiger charge is 2.26. The van der Waals surface area contributed by atoms with Crippen LogP contribution in [0.2, 0.25) is 0 Å². The van der Waals surface area contributed by atoms with Gasteiger partial charge in [0.15, 0.2) is 0 Å². The first kappa shape index (κ1) is 10.9. The molecule has 1 aromatic carbocycles. The molecule has 2 rings (SSSR count). The van der Waals surface area contributed by atoms with Gasteiger partial charge < -0.3 is 10.0 Å². The Morgan fingerprint density at radius 2 is 2.31 bits per heavy atom. The topological polar surface area (TPSA) is 66.6 Å². The second-order valence-electron chi connectivity index (χ2n) is 4.14. The highest BCUT2D eigenvalue weighted by Crippen LogP contribution is 2.31. The molecule has 1 fully saturated rings. The highest BCUT2D eigenvalue weighted by atomic mass is 16.6. The van der Waals surface area contributed by atoms with Crippen molar-refractivity contribution in [2.24, 2.45) is 0 Å². The van der Waals surface area contributed by atoms with E-state index in [-0.39, 0.29) is 16.7 Å². The van der Waals surface area contributed by atoms with E-state index in [1.165, 1.54) is 6.07 Å². The lowest BCUT2D eigenvalue weighted by Crippen LogP contribution is -2.22. The van der Waals surface area contributed by atoms with Gasteiger partial charge in [-0.15, -0.1) is 0 Å². The third-order valence-electron chi connectivity index (χ3n) is 2.83. The molecule has 1 saturated heterocycles. The summed E-state index contributed by atoms with van der Waals surface area (Å²) in [6.45, 7) is 3.05. The van der Waals surface area contributed by atoms with E-state index in [1.807, 2.05) is 11.8 Å². The number of aryl methyl sites for hydroxylation is 1. The van der Waals surface area contributed by atoms with Crippen LogP contribution in [0.4, 0.5) is 11.4 Å². The summed E-state index contributed by atoms with van der Waals surface area (Å²) in [5, 5.41) is 20.3. The molecule has 86 valence electrons. The van der Waals surface area contributed by atoms with Gasteiger partial charge in [0.25, 0.3) is 5.69 Å².